The first-order valence-corrected chi connectivity index (χ1v) is 8.51. The molecule has 6 nitrogen and oxygen atoms in total. The van der Waals surface area contributed by atoms with E-state index < -0.39 is 11.2 Å². The summed E-state index contributed by atoms with van der Waals surface area (Å²) < 4.78 is 2.19. The maximum atomic E-state index is 12.4. The molecule has 3 aromatic rings. The van der Waals surface area contributed by atoms with E-state index in [1.807, 2.05) is 31.2 Å². The van der Waals surface area contributed by atoms with E-state index in [0.29, 0.717) is 10.9 Å². The lowest BCUT2D eigenvalue weighted by Gasteiger charge is -2.16. The lowest BCUT2D eigenvalue weighted by Crippen LogP contribution is -2.37. The zero-order chi connectivity index (χ0) is 18.0. The van der Waals surface area contributed by atoms with Gasteiger partial charge in [0.05, 0.1) is 16.9 Å². The van der Waals surface area contributed by atoms with Gasteiger partial charge in [-0.1, -0.05) is 40.2 Å². The van der Waals surface area contributed by atoms with E-state index in [0.717, 1.165) is 10.0 Å². The van der Waals surface area contributed by atoms with Gasteiger partial charge in [0.2, 0.25) is 5.91 Å². The Morgan fingerprint density at radius 3 is 2.72 bits per heavy atom. The number of benzene rings is 2. The van der Waals surface area contributed by atoms with Gasteiger partial charge in [-0.05, 0) is 36.8 Å². The van der Waals surface area contributed by atoms with Gasteiger partial charge in [0.25, 0.3) is 5.56 Å². The summed E-state index contributed by atoms with van der Waals surface area (Å²) in [7, 11) is 0. The molecule has 0 aliphatic carbocycles. The summed E-state index contributed by atoms with van der Waals surface area (Å²) in [4.78, 5) is 38.6. The van der Waals surface area contributed by atoms with Crippen molar-refractivity contribution in [2.75, 3.05) is 0 Å². The minimum Gasteiger partial charge on any atom is -0.348 e. The molecule has 0 saturated carbocycles. The third-order valence-electron chi connectivity index (χ3n) is 3.93. The highest BCUT2D eigenvalue weighted by atomic mass is 79.9. The fourth-order valence-corrected chi connectivity index (χ4v) is 3.11. The predicted octanol–water partition coefficient (Wildman–Crippen LogP) is 2.33. The van der Waals surface area contributed by atoms with Gasteiger partial charge >= 0.3 is 5.69 Å². The molecule has 1 aromatic heterocycles. The SMILES string of the molecule is CC(NC(=O)Cn1c(=O)[nH]c(=O)c2ccccc21)c1cccc(Br)c1. The quantitative estimate of drug-likeness (QED) is 0.703. The van der Waals surface area contributed by atoms with Gasteiger partial charge in [-0.3, -0.25) is 19.1 Å². The molecule has 0 spiro atoms. The van der Waals surface area contributed by atoms with Crippen LogP contribution in [0.15, 0.2) is 62.6 Å². The van der Waals surface area contributed by atoms with Crippen molar-refractivity contribution < 1.29 is 4.79 Å². The summed E-state index contributed by atoms with van der Waals surface area (Å²) in [5.74, 6) is -0.313. The van der Waals surface area contributed by atoms with Crippen molar-refractivity contribution in [3.05, 3.63) is 79.4 Å². The van der Waals surface area contributed by atoms with Gasteiger partial charge in [0, 0.05) is 4.47 Å². The highest BCUT2D eigenvalue weighted by Gasteiger charge is 2.13. The number of aromatic amines is 1. The summed E-state index contributed by atoms with van der Waals surface area (Å²) in [6.45, 7) is 1.70. The fourth-order valence-electron chi connectivity index (χ4n) is 2.69. The van der Waals surface area contributed by atoms with Crippen LogP contribution in [0.3, 0.4) is 0 Å². The van der Waals surface area contributed by atoms with Crippen LogP contribution in [-0.4, -0.2) is 15.5 Å². The summed E-state index contributed by atoms with van der Waals surface area (Å²) >= 11 is 3.40. The van der Waals surface area contributed by atoms with Gasteiger partial charge in [0.1, 0.15) is 6.54 Å². The van der Waals surface area contributed by atoms with E-state index in [9.17, 15) is 14.4 Å². The van der Waals surface area contributed by atoms with Crippen LogP contribution in [0.5, 0.6) is 0 Å². The highest BCUT2D eigenvalue weighted by Crippen LogP contribution is 2.17. The van der Waals surface area contributed by atoms with Gasteiger partial charge in [-0.15, -0.1) is 0 Å². The standard InChI is InChI=1S/C18H16BrN3O3/c1-11(12-5-4-6-13(19)9-12)20-16(23)10-22-15-8-3-2-7-14(15)17(24)21-18(22)25/h2-9,11H,10H2,1H3,(H,20,23)(H,21,24,25). The predicted molar refractivity (Wildman–Crippen MR) is 99.5 cm³/mol. The Morgan fingerprint density at radius 1 is 1.20 bits per heavy atom. The van der Waals surface area contributed by atoms with E-state index in [1.165, 1.54) is 4.57 Å². The number of carbonyl (C=O) groups is 1. The first-order chi connectivity index (χ1) is 12.0. The second-order valence-electron chi connectivity index (χ2n) is 5.71. The Morgan fingerprint density at radius 2 is 1.96 bits per heavy atom. The van der Waals surface area contributed by atoms with Crippen LogP contribution < -0.4 is 16.6 Å². The minimum atomic E-state index is -0.603. The first-order valence-electron chi connectivity index (χ1n) is 7.72. The van der Waals surface area contributed by atoms with Crippen LogP contribution in [0.2, 0.25) is 0 Å². The monoisotopic (exact) mass is 401 g/mol. The fraction of sp³-hybridized carbons (Fsp3) is 0.167. The Bertz CT molecular complexity index is 1060. The molecular formula is C18H16BrN3O3. The summed E-state index contributed by atoms with van der Waals surface area (Å²) in [6, 6.07) is 14.1. The van der Waals surface area contributed by atoms with E-state index >= 15 is 0 Å². The number of hydrogen-bond donors (Lipinski definition) is 2. The number of rotatable bonds is 4. The van der Waals surface area contributed by atoms with E-state index in [1.54, 1.807) is 24.3 Å². The molecule has 1 unspecified atom stereocenters. The van der Waals surface area contributed by atoms with Crippen molar-refractivity contribution in [1.29, 1.82) is 0 Å². The number of fused-ring (bicyclic) bond motifs is 1. The molecule has 1 amide bonds. The molecule has 1 atom stereocenters. The molecule has 2 N–H and O–H groups in total. The summed E-state index contributed by atoms with van der Waals surface area (Å²) in [5, 5.41) is 3.24. The van der Waals surface area contributed by atoms with Crippen LogP contribution in [0.25, 0.3) is 10.9 Å². The lowest BCUT2D eigenvalue weighted by molar-refractivity contribution is -0.122. The average Bonchev–Trinajstić information content (AvgIpc) is 2.58. The topological polar surface area (TPSA) is 84.0 Å². The molecule has 0 bridgehead atoms. The maximum absolute atomic E-state index is 12.4. The molecule has 0 aliphatic rings. The summed E-state index contributed by atoms with van der Waals surface area (Å²) in [5.41, 5.74) is 0.316. The molecule has 0 saturated heterocycles. The molecule has 25 heavy (non-hydrogen) atoms. The average molecular weight is 402 g/mol. The maximum Gasteiger partial charge on any atom is 0.329 e. The van der Waals surface area contributed by atoms with Crippen molar-refractivity contribution >= 4 is 32.7 Å². The van der Waals surface area contributed by atoms with Crippen LogP contribution in [-0.2, 0) is 11.3 Å². The molecule has 7 heteroatoms. The minimum absolute atomic E-state index is 0.172. The second kappa shape index (κ2) is 7.06. The Labute approximate surface area is 151 Å². The van der Waals surface area contributed by atoms with Crippen molar-refractivity contribution in [1.82, 2.24) is 14.9 Å². The van der Waals surface area contributed by atoms with Crippen LogP contribution in [0.1, 0.15) is 18.5 Å². The molecule has 0 radical (unpaired) electrons. The van der Waals surface area contributed by atoms with Gasteiger partial charge in [-0.25, -0.2) is 4.79 Å². The number of H-pyrrole nitrogens is 1. The third kappa shape index (κ3) is 3.71. The Balaban J connectivity index is 1.85. The molecule has 3 rings (SSSR count). The lowest BCUT2D eigenvalue weighted by atomic mass is 10.1. The second-order valence-corrected chi connectivity index (χ2v) is 6.62. The number of aromatic nitrogens is 2. The molecular weight excluding hydrogens is 386 g/mol. The molecule has 1 heterocycles. The van der Waals surface area contributed by atoms with Crippen molar-refractivity contribution in [2.45, 2.75) is 19.5 Å². The van der Waals surface area contributed by atoms with Crippen LogP contribution in [0, 0.1) is 0 Å². The molecule has 2 aromatic carbocycles. The smallest absolute Gasteiger partial charge is 0.329 e. The molecule has 128 valence electrons. The van der Waals surface area contributed by atoms with E-state index in [4.69, 9.17) is 0 Å². The number of hydrogen-bond acceptors (Lipinski definition) is 3. The first kappa shape index (κ1) is 17.2. The largest absolute Gasteiger partial charge is 0.348 e. The van der Waals surface area contributed by atoms with Crippen LogP contribution in [0.4, 0.5) is 0 Å². The van der Waals surface area contributed by atoms with Crippen LogP contribution >= 0.6 is 15.9 Å². The Kier molecular flexibility index (Phi) is 4.85. The number of halogens is 1. The van der Waals surface area contributed by atoms with Crippen molar-refractivity contribution in [3.8, 4) is 0 Å². The zero-order valence-corrected chi connectivity index (χ0v) is 15.0. The number of para-hydroxylation sites is 1. The summed E-state index contributed by atoms with van der Waals surface area (Å²) in [6.07, 6.45) is 0. The highest BCUT2D eigenvalue weighted by molar-refractivity contribution is 9.10. The van der Waals surface area contributed by atoms with E-state index in [2.05, 4.69) is 26.2 Å². The van der Waals surface area contributed by atoms with E-state index in [-0.39, 0.29) is 18.5 Å². The zero-order valence-electron chi connectivity index (χ0n) is 13.5. The molecule has 0 aliphatic heterocycles. The Hall–Kier alpha value is -2.67. The third-order valence-corrected chi connectivity index (χ3v) is 4.43. The number of amides is 1. The van der Waals surface area contributed by atoms with Gasteiger partial charge < -0.3 is 5.32 Å². The number of carbonyl (C=O) groups excluding carboxylic acids is 1. The normalized spacial score (nSPS) is 12.1. The van der Waals surface area contributed by atoms with Crippen molar-refractivity contribution in [3.63, 3.8) is 0 Å². The van der Waals surface area contributed by atoms with Gasteiger partial charge in [-0.2, -0.15) is 0 Å². The van der Waals surface area contributed by atoms with Crippen molar-refractivity contribution in [2.24, 2.45) is 0 Å². The number of nitrogens with zero attached hydrogens (tertiary/aromatic N) is 1. The number of nitrogens with one attached hydrogen (secondary N) is 2. The van der Waals surface area contributed by atoms with Gasteiger partial charge in [0.15, 0.2) is 0 Å². The molecule has 0 fully saturated rings.